The van der Waals surface area contributed by atoms with Crippen molar-refractivity contribution in [2.24, 2.45) is 5.92 Å². The number of aliphatic hydroxyl groups is 1. The Labute approximate surface area is 165 Å². The van der Waals surface area contributed by atoms with Gasteiger partial charge in [-0.05, 0) is 24.0 Å². The van der Waals surface area contributed by atoms with E-state index in [1.807, 2.05) is 0 Å². The Morgan fingerprint density at radius 2 is 2.04 bits per heavy atom. The highest BCUT2D eigenvalue weighted by Crippen LogP contribution is 2.32. The molecule has 0 amide bonds. The number of benzene rings is 1. The van der Waals surface area contributed by atoms with Crippen LogP contribution < -0.4 is 11.1 Å². The molecule has 0 radical (unpaired) electrons. The van der Waals surface area contributed by atoms with Gasteiger partial charge in [0.05, 0.1) is 12.6 Å². The fraction of sp³-hybridized carbons (Fsp3) is 0.389. The van der Waals surface area contributed by atoms with E-state index in [2.05, 4.69) is 34.1 Å². The molecule has 0 aliphatic carbocycles. The summed E-state index contributed by atoms with van der Waals surface area (Å²) in [7, 11) is 0. The third kappa shape index (κ3) is 5.06. The molecule has 6 nitrogen and oxygen atoms in total. The Morgan fingerprint density at radius 3 is 2.74 bits per heavy atom. The predicted octanol–water partition coefficient (Wildman–Crippen LogP) is 3.92. The lowest BCUT2D eigenvalue weighted by Gasteiger charge is -2.19. The van der Waals surface area contributed by atoms with Crippen LogP contribution in [0, 0.1) is 11.7 Å². The fourth-order valence-electron chi connectivity index (χ4n) is 2.68. The molecular weight excluding hydrogens is 384 g/mol. The SMILES string of the molecule is CC(C)CC(CO)Nc1nc(SCc2ccccc2[18F])nc2nc(N)sc12. The second kappa shape index (κ2) is 8.81. The number of nitrogens with one attached hydrogen (secondary N) is 1. The molecule has 0 saturated carbocycles. The summed E-state index contributed by atoms with van der Waals surface area (Å²) in [4.78, 5) is 13.3. The summed E-state index contributed by atoms with van der Waals surface area (Å²) in [5.74, 6) is 1.19. The highest BCUT2D eigenvalue weighted by molar-refractivity contribution is 7.98. The van der Waals surface area contributed by atoms with Gasteiger partial charge in [0.15, 0.2) is 21.8 Å². The lowest BCUT2D eigenvalue weighted by atomic mass is 10.0. The van der Waals surface area contributed by atoms with Gasteiger partial charge in [-0.15, -0.1) is 0 Å². The number of nitrogen functional groups attached to an aromatic ring is 1. The van der Waals surface area contributed by atoms with Crippen LogP contribution in [-0.2, 0) is 5.75 Å². The standard InChI is InChI=1S/C18H22FN5OS2/c1-10(2)7-12(8-25)21-15-14-16(22-17(20)27-14)24-18(23-15)26-9-11-5-3-4-6-13(11)19/h3-6,10,12,25H,7-9H2,1-2H3,(H3,20,21,22,23,24)/i19-1. The van der Waals surface area contributed by atoms with Crippen LogP contribution >= 0.6 is 23.1 Å². The number of anilines is 2. The first kappa shape index (κ1) is 19.8. The molecule has 0 saturated heterocycles. The molecule has 0 bridgehead atoms. The van der Waals surface area contributed by atoms with Crippen molar-refractivity contribution in [1.29, 1.82) is 0 Å². The van der Waals surface area contributed by atoms with Gasteiger partial charge >= 0.3 is 0 Å². The molecule has 4 N–H and O–H groups in total. The van der Waals surface area contributed by atoms with Crippen molar-refractivity contribution in [3.05, 3.63) is 35.6 Å². The van der Waals surface area contributed by atoms with Gasteiger partial charge in [0.25, 0.3) is 0 Å². The largest absolute Gasteiger partial charge is 0.394 e. The minimum absolute atomic E-state index is 0.00430. The average Bonchev–Trinajstić information content (AvgIpc) is 3.00. The lowest BCUT2D eigenvalue weighted by molar-refractivity contribution is 0.259. The van der Waals surface area contributed by atoms with Crippen LogP contribution in [0.15, 0.2) is 29.4 Å². The minimum Gasteiger partial charge on any atom is -0.394 e. The summed E-state index contributed by atoms with van der Waals surface area (Å²) >= 11 is 2.64. The van der Waals surface area contributed by atoms with E-state index >= 15 is 0 Å². The third-order valence-corrected chi connectivity index (χ3v) is 5.66. The quantitative estimate of drug-likeness (QED) is 0.385. The average molecular weight is 407 g/mol. The van der Waals surface area contributed by atoms with Crippen molar-refractivity contribution in [2.75, 3.05) is 17.7 Å². The van der Waals surface area contributed by atoms with Gasteiger partial charge in [0.2, 0.25) is 0 Å². The number of rotatable bonds is 8. The van der Waals surface area contributed by atoms with Crippen LogP contribution in [0.1, 0.15) is 25.8 Å². The smallest absolute Gasteiger partial charge is 0.191 e. The topological polar surface area (TPSA) is 97.0 Å². The number of thioether (sulfide) groups is 1. The van der Waals surface area contributed by atoms with Crippen molar-refractivity contribution >= 4 is 44.4 Å². The maximum atomic E-state index is 13.8. The third-order valence-electron chi connectivity index (χ3n) is 3.88. The normalized spacial score (nSPS) is 12.6. The number of aliphatic hydroxyl groups excluding tert-OH is 1. The van der Waals surface area contributed by atoms with Crippen molar-refractivity contribution in [2.45, 2.75) is 37.2 Å². The molecule has 27 heavy (non-hydrogen) atoms. The van der Waals surface area contributed by atoms with E-state index in [1.54, 1.807) is 18.2 Å². The number of nitrogens with two attached hydrogens (primary N) is 1. The van der Waals surface area contributed by atoms with E-state index in [-0.39, 0.29) is 18.5 Å². The Bertz CT molecular complexity index is 918. The van der Waals surface area contributed by atoms with Crippen molar-refractivity contribution in [3.63, 3.8) is 0 Å². The van der Waals surface area contributed by atoms with E-state index in [4.69, 9.17) is 5.73 Å². The number of hydrogen-bond donors (Lipinski definition) is 3. The van der Waals surface area contributed by atoms with Crippen molar-refractivity contribution in [3.8, 4) is 0 Å². The van der Waals surface area contributed by atoms with Crippen LogP contribution in [0.3, 0.4) is 0 Å². The lowest BCUT2D eigenvalue weighted by Crippen LogP contribution is -2.26. The summed E-state index contributed by atoms with van der Waals surface area (Å²) in [6.07, 6.45) is 0.800. The Hall–Kier alpha value is -1.97. The van der Waals surface area contributed by atoms with Gasteiger partial charge in [0.1, 0.15) is 10.5 Å². The van der Waals surface area contributed by atoms with Crippen LogP contribution in [0.4, 0.5) is 15.3 Å². The monoisotopic (exact) mass is 406 g/mol. The van der Waals surface area contributed by atoms with Crippen molar-refractivity contribution < 1.29 is 9.50 Å². The summed E-state index contributed by atoms with van der Waals surface area (Å²) in [6, 6.07) is 6.51. The second-order valence-corrected chi connectivity index (χ2v) is 8.57. The summed E-state index contributed by atoms with van der Waals surface area (Å²) in [6.45, 7) is 4.19. The predicted molar refractivity (Wildman–Crippen MR) is 110 cm³/mol. The Morgan fingerprint density at radius 1 is 1.26 bits per heavy atom. The Balaban J connectivity index is 1.87. The number of thiazole rings is 1. The zero-order chi connectivity index (χ0) is 19.4. The molecule has 0 aliphatic rings. The molecule has 144 valence electrons. The molecule has 2 aromatic heterocycles. The second-order valence-electron chi connectivity index (χ2n) is 6.59. The molecule has 1 unspecified atom stereocenters. The summed E-state index contributed by atoms with van der Waals surface area (Å²) in [5, 5.41) is 13.9. The summed E-state index contributed by atoms with van der Waals surface area (Å²) < 4.78 is 14.6. The highest BCUT2D eigenvalue weighted by Gasteiger charge is 2.17. The van der Waals surface area contributed by atoms with Gasteiger partial charge in [-0.25, -0.2) is 19.3 Å². The van der Waals surface area contributed by atoms with Crippen LogP contribution in [0.5, 0.6) is 0 Å². The molecule has 1 aromatic carbocycles. The number of halogens is 1. The molecule has 9 heteroatoms. The number of nitrogens with zero attached hydrogens (tertiary/aromatic N) is 3. The molecule has 2 heterocycles. The van der Waals surface area contributed by atoms with E-state index < -0.39 is 0 Å². The zero-order valence-electron chi connectivity index (χ0n) is 15.1. The number of fused-ring (bicyclic) bond motifs is 1. The molecule has 0 spiro atoms. The van der Waals surface area contributed by atoms with Crippen LogP contribution in [-0.4, -0.2) is 32.7 Å². The summed E-state index contributed by atoms with van der Waals surface area (Å²) in [5.41, 5.74) is 6.94. The Kier molecular flexibility index (Phi) is 6.46. The first-order valence-electron chi connectivity index (χ1n) is 8.64. The van der Waals surface area contributed by atoms with E-state index in [0.717, 1.165) is 11.1 Å². The molecule has 0 fully saturated rings. The van der Waals surface area contributed by atoms with Crippen molar-refractivity contribution in [1.82, 2.24) is 15.0 Å². The molecule has 3 rings (SSSR count). The maximum Gasteiger partial charge on any atom is 0.191 e. The van der Waals surface area contributed by atoms with Gasteiger partial charge < -0.3 is 16.2 Å². The first-order valence-corrected chi connectivity index (χ1v) is 10.4. The number of hydrogen-bond acceptors (Lipinski definition) is 8. The molecule has 3 aromatic rings. The van der Waals surface area contributed by atoms with E-state index in [0.29, 0.717) is 39.0 Å². The minimum atomic E-state index is -0.250. The van der Waals surface area contributed by atoms with Gasteiger partial charge in [-0.1, -0.05) is 55.1 Å². The van der Waals surface area contributed by atoms with E-state index in [1.165, 1.54) is 29.2 Å². The van der Waals surface area contributed by atoms with Gasteiger partial charge in [0, 0.05) is 5.75 Å². The number of aromatic nitrogens is 3. The fourth-order valence-corrected chi connectivity index (χ4v) is 4.23. The highest BCUT2D eigenvalue weighted by atomic mass is 32.2. The molecule has 0 aliphatic heterocycles. The van der Waals surface area contributed by atoms with Gasteiger partial charge in [-0.2, -0.15) is 0 Å². The van der Waals surface area contributed by atoms with E-state index in [9.17, 15) is 9.50 Å². The maximum absolute atomic E-state index is 13.8. The molecular formula is C18H22FN5OS2. The first-order chi connectivity index (χ1) is 13.0. The van der Waals surface area contributed by atoms with Gasteiger partial charge in [-0.3, -0.25) is 0 Å². The van der Waals surface area contributed by atoms with Crippen LogP contribution in [0.25, 0.3) is 10.3 Å². The zero-order valence-corrected chi connectivity index (χ0v) is 16.8. The molecule has 1 atom stereocenters. The van der Waals surface area contributed by atoms with Crippen LogP contribution in [0.2, 0.25) is 0 Å².